The molecule has 0 fully saturated rings. The Bertz CT molecular complexity index is 460. The maximum Gasteiger partial charge on any atom is 0.346 e. The summed E-state index contributed by atoms with van der Waals surface area (Å²) in [5.74, 6) is -1.19. The van der Waals surface area contributed by atoms with Crippen molar-refractivity contribution in [2.75, 3.05) is 0 Å². The van der Waals surface area contributed by atoms with E-state index in [1.165, 1.54) is 6.08 Å². The molecule has 0 amide bonds. The van der Waals surface area contributed by atoms with Gasteiger partial charge in [0.25, 0.3) is 0 Å². The van der Waals surface area contributed by atoms with Crippen molar-refractivity contribution in [3.63, 3.8) is 0 Å². The topological polar surface area (TPSA) is 78.4 Å². The fourth-order valence-corrected chi connectivity index (χ4v) is 1.23. The second-order valence-electron chi connectivity index (χ2n) is 3.05. The maximum atomic E-state index is 11.0. The number of carbonyl (C=O) groups excluding carboxylic acids is 2. The van der Waals surface area contributed by atoms with Crippen molar-refractivity contribution in [3.8, 4) is 0 Å². The first-order valence-corrected chi connectivity index (χ1v) is 4.47. The van der Waals surface area contributed by atoms with Crippen LogP contribution in [0.1, 0.15) is 5.56 Å². The number of hydrogen-bond acceptors (Lipinski definition) is 4. The molecule has 0 saturated carbocycles. The highest BCUT2D eigenvalue weighted by Gasteiger charge is 2.20. The highest BCUT2D eigenvalue weighted by Crippen LogP contribution is 2.11. The zero-order chi connectivity index (χ0) is 10.7. The van der Waals surface area contributed by atoms with E-state index in [2.05, 4.69) is 4.74 Å². The molecule has 82 valence electrons. The molecular weight excluding hydrogens is 206 g/mol. The molecule has 0 saturated heterocycles. The molecule has 1 aromatic rings. The smallest absolute Gasteiger partial charge is 0.346 e. The Morgan fingerprint density at radius 1 is 1.00 bits per heavy atom. The molecule has 0 atom stereocenters. The lowest BCUT2D eigenvalue weighted by molar-refractivity contribution is -0.150. The Morgan fingerprint density at radius 2 is 1.69 bits per heavy atom. The summed E-state index contributed by atoms with van der Waals surface area (Å²) < 4.78 is 4.34. The summed E-state index contributed by atoms with van der Waals surface area (Å²) in [4.78, 5) is 21.8. The predicted molar refractivity (Wildman–Crippen MR) is 59.7 cm³/mol. The first-order valence-electron chi connectivity index (χ1n) is 4.47. The van der Waals surface area contributed by atoms with Gasteiger partial charge in [-0.3, -0.25) is 0 Å². The SMILES string of the molecule is N.O=C1C=C(C=Cc2ccccc2)C(=O)O1. The summed E-state index contributed by atoms with van der Waals surface area (Å²) in [6.07, 6.45) is 4.51. The lowest BCUT2D eigenvalue weighted by atomic mass is 10.1. The lowest BCUT2D eigenvalue weighted by Crippen LogP contribution is -2.00. The summed E-state index contributed by atoms with van der Waals surface area (Å²) in [5, 5.41) is 0. The number of benzene rings is 1. The van der Waals surface area contributed by atoms with Crippen LogP contribution in [0, 0.1) is 0 Å². The average Bonchev–Trinajstić information content (AvgIpc) is 2.56. The monoisotopic (exact) mass is 217 g/mol. The minimum absolute atomic E-state index is 0. The standard InChI is InChI=1S/C12H8O3.H3N/c13-11-8-10(12(14)15-11)7-6-9-4-2-1-3-5-9;/h1-8H;1H3. The van der Waals surface area contributed by atoms with E-state index in [0.29, 0.717) is 0 Å². The van der Waals surface area contributed by atoms with Gasteiger partial charge in [0.2, 0.25) is 0 Å². The number of cyclic esters (lactones) is 2. The average molecular weight is 217 g/mol. The van der Waals surface area contributed by atoms with Gasteiger partial charge in [-0.05, 0) is 11.6 Å². The van der Waals surface area contributed by atoms with Crippen molar-refractivity contribution in [2.24, 2.45) is 0 Å². The third kappa shape index (κ3) is 2.65. The number of carbonyl (C=O) groups is 2. The van der Waals surface area contributed by atoms with E-state index in [1.54, 1.807) is 12.2 Å². The van der Waals surface area contributed by atoms with Gasteiger partial charge in [-0.2, -0.15) is 0 Å². The molecule has 0 unspecified atom stereocenters. The number of ether oxygens (including phenoxy) is 1. The van der Waals surface area contributed by atoms with Gasteiger partial charge in [-0.25, -0.2) is 9.59 Å². The van der Waals surface area contributed by atoms with Crippen molar-refractivity contribution in [2.45, 2.75) is 0 Å². The second kappa shape index (κ2) is 5.04. The van der Waals surface area contributed by atoms with E-state index in [4.69, 9.17) is 0 Å². The maximum absolute atomic E-state index is 11.0. The van der Waals surface area contributed by atoms with Gasteiger partial charge in [0, 0.05) is 6.08 Å². The van der Waals surface area contributed by atoms with Crippen LogP contribution in [-0.2, 0) is 14.3 Å². The van der Waals surface area contributed by atoms with Gasteiger partial charge >= 0.3 is 11.9 Å². The van der Waals surface area contributed by atoms with Gasteiger partial charge in [-0.1, -0.05) is 36.4 Å². The van der Waals surface area contributed by atoms with Gasteiger partial charge in [0.1, 0.15) is 0 Å². The van der Waals surface area contributed by atoms with Gasteiger partial charge in [-0.15, -0.1) is 0 Å². The minimum Gasteiger partial charge on any atom is -0.386 e. The van der Waals surface area contributed by atoms with Crippen LogP contribution < -0.4 is 6.15 Å². The van der Waals surface area contributed by atoms with Crippen LogP contribution in [0.3, 0.4) is 0 Å². The third-order valence-corrected chi connectivity index (χ3v) is 1.96. The molecule has 4 nitrogen and oxygen atoms in total. The zero-order valence-corrected chi connectivity index (χ0v) is 8.55. The van der Waals surface area contributed by atoms with Crippen molar-refractivity contribution < 1.29 is 14.3 Å². The van der Waals surface area contributed by atoms with E-state index >= 15 is 0 Å². The van der Waals surface area contributed by atoms with Crippen molar-refractivity contribution in [1.29, 1.82) is 0 Å². The zero-order valence-electron chi connectivity index (χ0n) is 8.55. The predicted octanol–water partition coefficient (Wildman–Crippen LogP) is 1.87. The van der Waals surface area contributed by atoms with Crippen molar-refractivity contribution in [1.82, 2.24) is 6.15 Å². The molecule has 1 aliphatic heterocycles. The molecule has 0 aliphatic carbocycles. The normalized spacial score (nSPS) is 14.6. The van der Waals surface area contributed by atoms with Crippen LogP contribution in [0.2, 0.25) is 0 Å². The van der Waals surface area contributed by atoms with Crippen LogP contribution in [0.25, 0.3) is 6.08 Å². The van der Waals surface area contributed by atoms with Crippen LogP contribution in [0.4, 0.5) is 0 Å². The van der Waals surface area contributed by atoms with E-state index in [-0.39, 0.29) is 11.7 Å². The molecule has 4 heteroatoms. The summed E-state index contributed by atoms with van der Waals surface area (Å²) in [5.41, 5.74) is 1.24. The molecule has 0 aromatic heterocycles. The molecule has 3 N–H and O–H groups in total. The molecular formula is C12H11NO3. The van der Waals surface area contributed by atoms with Crippen LogP contribution in [0.5, 0.6) is 0 Å². The Kier molecular flexibility index (Phi) is 3.74. The van der Waals surface area contributed by atoms with Gasteiger partial charge in [0.15, 0.2) is 0 Å². The highest BCUT2D eigenvalue weighted by atomic mass is 16.6. The Morgan fingerprint density at radius 3 is 2.25 bits per heavy atom. The number of hydrogen-bond donors (Lipinski definition) is 1. The van der Waals surface area contributed by atoms with Crippen molar-refractivity contribution >= 4 is 18.0 Å². The fourth-order valence-electron chi connectivity index (χ4n) is 1.23. The molecule has 0 radical (unpaired) electrons. The van der Waals surface area contributed by atoms with Gasteiger partial charge < -0.3 is 10.9 Å². The molecule has 0 spiro atoms. The molecule has 1 aliphatic rings. The minimum atomic E-state index is -0.604. The van der Waals surface area contributed by atoms with E-state index < -0.39 is 11.9 Å². The first-order chi connectivity index (χ1) is 7.25. The van der Waals surface area contributed by atoms with Crippen LogP contribution in [-0.4, -0.2) is 11.9 Å². The van der Waals surface area contributed by atoms with Crippen LogP contribution in [0.15, 0.2) is 48.1 Å². The van der Waals surface area contributed by atoms with E-state index in [1.807, 2.05) is 30.3 Å². The van der Waals surface area contributed by atoms with E-state index in [0.717, 1.165) is 5.56 Å². The van der Waals surface area contributed by atoms with Crippen LogP contribution >= 0.6 is 0 Å². The van der Waals surface area contributed by atoms with Gasteiger partial charge in [0.05, 0.1) is 5.57 Å². The quantitative estimate of drug-likeness (QED) is 0.605. The third-order valence-electron chi connectivity index (χ3n) is 1.96. The number of esters is 2. The lowest BCUT2D eigenvalue weighted by Gasteiger charge is -1.91. The molecule has 16 heavy (non-hydrogen) atoms. The Hall–Kier alpha value is -2.20. The molecule has 0 bridgehead atoms. The fraction of sp³-hybridized carbons (Fsp3) is 0. The largest absolute Gasteiger partial charge is 0.386 e. The highest BCUT2D eigenvalue weighted by molar-refractivity contribution is 6.10. The van der Waals surface area contributed by atoms with Crippen molar-refractivity contribution in [3.05, 3.63) is 53.6 Å². The molecule has 1 heterocycles. The molecule has 1 aromatic carbocycles. The summed E-state index contributed by atoms with van der Waals surface area (Å²) in [6.45, 7) is 0. The first kappa shape index (κ1) is 11.9. The summed E-state index contributed by atoms with van der Waals surface area (Å²) in [7, 11) is 0. The Balaban J connectivity index is 0.00000128. The summed E-state index contributed by atoms with van der Waals surface area (Å²) >= 11 is 0. The summed E-state index contributed by atoms with van der Waals surface area (Å²) in [6, 6.07) is 9.50. The number of rotatable bonds is 2. The second-order valence-corrected chi connectivity index (χ2v) is 3.05. The van der Waals surface area contributed by atoms with E-state index in [9.17, 15) is 9.59 Å². The molecule has 2 rings (SSSR count). The Labute approximate surface area is 92.8 Å².